The van der Waals surface area contributed by atoms with Crippen molar-refractivity contribution in [3.8, 4) is 0 Å². The number of aromatic nitrogens is 2. The van der Waals surface area contributed by atoms with Crippen molar-refractivity contribution in [3.63, 3.8) is 0 Å². The van der Waals surface area contributed by atoms with Crippen LogP contribution in [0.2, 0.25) is 0 Å². The number of rotatable bonds is 2. The Morgan fingerprint density at radius 3 is 2.58 bits per heavy atom. The van der Waals surface area contributed by atoms with Gasteiger partial charge in [0.2, 0.25) is 5.89 Å². The minimum atomic E-state index is 0.404. The third kappa shape index (κ3) is 2.69. The lowest BCUT2D eigenvalue weighted by atomic mass is 9.73. The summed E-state index contributed by atoms with van der Waals surface area (Å²) in [7, 11) is 0. The first-order valence-electron chi connectivity index (χ1n) is 7.62. The van der Waals surface area contributed by atoms with Gasteiger partial charge in [-0.15, -0.1) is 0 Å². The van der Waals surface area contributed by atoms with Crippen molar-refractivity contribution in [1.82, 2.24) is 15.5 Å². The van der Waals surface area contributed by atoms with Crippen molar-refractivity contribution in [2.45, 2.75) is 70.8 Å². The van der Waals surface area contributed by atoms with E-state index >= 15 is 0 Å². The highest BCUT2D eigenvalue weighted by Crippen LogP contribution is 2.41. The third-order valence-corrected chi connectivity index (χ3v) is 5.00. The summed E-state index contributed by atoms with van der Waals surface area (Å²) in [6.07, 6.45) is 6.04. The first-order valence-corrected chi connectivity index (χ1v) is 7.62. The molecule has 3 rings (SSSR count). The van der Waals surface area contributed by atoms with Gasteiger partial charge in [0.15, 0.2) is 5.82 Å². The molecule has 0 bridgehead atoms. The summed E-state index contributed by atoms with van der Waals surface area (Å²) in [4.78, 5) is 4.70. The van der Waals surface area contributed by atoms with E-state index in [1.165, 1.54) is 25.7 Å². The van der Waals surface area contributed by atoms with E-state index in [1.807, 2.05) is 0 Å². The molecule has 0 aromatic carbocycles. The van der Waals surface area contributed by atoms with Crippen LogP contribution in [0.4, 0.5) is 0 Å². The largest absolute Gasteiger partial charge is 0.339 e. The van der Waals surface area contributed by atoms with E-state index in [4.69, 9.17) is 9.51 Å². The molecule has 1 aromatic heterocycles. The Morgan fingerprint density at radius 1 is 1.21 bits per heavy atom. The topological polar surface area (TPSA) is 51.0 Å². The molecule has 2 heterocycles. The van der Waals surface area contributed by atoms with Crippen LogP contribution in [0.15, 0.2) is 4.52 Å². The van der Waals surface area contributed by atoms with E-state index in [0.717, 1.165) is 24.7 Å². The molecule has 0 amide bonds. The van der Waals surface area contributed by atoms with Gasteiger partial charge in [-0.1, -0.05) is 19.0 Å². The molecular formula is C15H25N3O. The van der Waals surface area contributed by atoms with Crippen LogP contribution in [0, 0.1) is 5.41 Å². The van der Waals surface area contributed by atoms with Crippen molar-refractivity contribution in [2.24, 2.45) is 5.41 Å². The second-order valence-electron chi connectivity index (χ2n) is 7.07. The Bertz CT molecular complexity index is 430. The van der Waals surface area contributed by atoms with Gasteiger partial charge in [0.1, 0.15) is 0 Å². The van der Waals surface area contributed by atoms with Crippen molar-refractivity contribution in [3.05, 3.63) is 11.7 Å². The van der Waals surface area contributed by atoms with Crippen LogP contribution in [0.5, 0.6) is 0 Å². The molecule has 4 heteroatoms. The molecule has 1 N–H and O–H groups in total. The summed E-state index contributed by atoms with van der Waals surface area (Å²) in [5.74, 6) is 2.71. The van der Waals surface area contributed by atoms with E-state index in [-0.39, 0.29) is 0 Å². The molecule has 0 spiro atoms. The molecule has 2 fully saturated rings. The number of hydrogen-bond donors (Lipinski definition) is 1. The Hall–Kier alpha value is -0.900. The summed E-state index contributed by atoms with van der Waals surface area (Å²) in [5.41, 5.74) is 0.493. The molecule has 1 saturated heterocycles. The van der Waals surface area contributed by atoms with Gasteiger partial charge >= 0.3 is 0 Å². The van der Waals surface area contributed by atoms with E-state index in [0.29, 0.717) is 23.3 Å². The predicted octanol–water partition coefficient (Wildman–Crippen LogP) is 3.22. The van der Waals surface area contributed by atoms with Gasteiger partial charge in [0, 0.05) is 12.0 Å². The van der Waals surface area contributed by atoms with Crippen molar-refractivity contribution >= 4 is 0 Å². The summed E-state index contributed by atoms with van der Waals surface area (Å²) in [6.45, 7) is 7.97. The van der Waals surface area contributed by atoms with Crippen LogP contribution >= 0.6 is 0 Å². The molecule has 2 unspecified atom stereocenters. The molecular weight excluding hydrogens is 238 g/mol. The van der Waals surface area contributed by atoms with Gasteiger partial charge < -0.3 is 9.84 Å². The highest BCUT2D eigenvalue weighted by atomic mass is 16.5. The Balaban J connectivity index is 1.68. The van der Waals surface area contributed by atoms with Crippen LogP contribution in [0.3, 0.4) is 0 Å². The molecule has 1 saturated carbocycles. The molecule has 1 aliphatic carbocycles. The van der Waals surface area contributed by atoms with Crippen LogP contribution in [-0.4, -0.2) is 22.7 Å². The monoisotopic (exact) mass is 263 g/mol. The Morgan fingerprint density at radius 2 is 1.95 bits per heavy atom. The molecule has 1 aliphatic heterocycles. The predicted molar refractivity (Wildman–Crippen MR) is 74.1 cm³/mol. The zero-order valence-electron chi connectivity index (χ0n) is 12.3. The lowest BCUT2D eigenvalue weighted by Gasteiger charge is -2.32. The van der Waals surface area contributed by atoms with Gasteiger partial charge in [0.05, 0.1) is 5.92 Å². The minimum Gasteiger partial charge on any atom is -0.339 e. The fourth-order valence-corrected chi connectivity index (χ4v) is 3.42. The SMILES string of the molecule is CC1NCCC1c1nc(C2CCC(C)(C)CC2)no1. The average Bonchev–Trinajstić information content (AvgIpc) is 2.97. The maximum Gasteiger partial charge on any atom is 0.231 e. The molecule has 2 atom stereocenters. The molecule has 19 heavy (non-hydrogen) atoms. The molecule has 2 aliphatic rings. The lowest BCUT2D eigenvalue weighted by molar-refractivity contribution is 0.218. The fourth-order valence-electron chi connectivity index (χ4n) is 3.42. The summed E-state index contributed by atoms with van der Waals surface area (Å²) >= 11 is 0. The molecule has 4 nitrogen and oxygen atoms in total. The maximum atomic E-state index is 5.52. The summed E-state index contributed by atoms with van der Waals surface area (Å²) < 4.78 is 5.52. The minimum absolute atomic E-state index is 0.404. The van der Waals surface area contributed by atoms with Gasteiger partial charge in [-0.05, 0) is 51.0 Å². The normalized spacial score (nSPS) is 31.7. The maximum absolute atomic E-state index is 5.52. The van der Waals surface area contributed by atoms with Crippen LogP contribution in [0.25, 0.3) is 0 Å². The van der Waals surface area contributed by atoms with Crippen LogP contribution in [-0.2, 0) is 0 Å². The second-order valence-corrected chi connectivity index (χ2v) is 7.07. The van der Waals surface area contributed by atoms with Crippen LogP contribution < -0.4 is 5.32 Å². The lowest BCUT2D eigenvalue weighted by Crippen LogP contribution is -2.22. The summed E-state index contributed by atoms with van der Waals surface area (Å²) in [6, 6.07) is 0.457. The third-order valence-electron chi connectivity index (χ3n) is 5.00. The van der Waals surface area contributed by atoms with E-state index in [1.54, 1.807) is 0 Å². The zero-order chi connectivity index (χ0) is 13.5. The first-order chi connectivity index (χ1) is 9.05. The standard InChI is InChI=1S/C15H25N3O/c1-10-12(6-9-16-10)14-17-13(18-19-14)11-4-7-15(2,3)8-5-11/h10-12,16H,4-9H2,1-3H3. The number of nitrogens with zero attached hydrogens (tertiary/aromatic N) is 2. The summed E-state index contributed by atoms with van der Waals surface area (Å²) in [5, 5.41) is 7.69. The number of hydrogen-bond acceptors (Lipinski definition) is 4. The number of nitrogens with one attached hydrogen (secondary N) is 1. The molecule has 0 radical (unpaired) electrons. The van der Waals surface area contributed by atoms with E-state index < -0.39 is 0 Å². The molecule has 106 valence electrons. The van der Waals surface area contributed by atoms with Crippen molar-refractivity contribution < 1.29 is 4.52 Å². The average molecular weight is 263 g/mol. The highest BCUT2D eigenvalue weighted by Gasteiger charge is 2.33. The zero-order valence-corrected chi connectivity index (χ0v) is 12.3. The highest BCUT2D eigenvalue weighted by molar-refractivity contribution is 5.05. The van der Waals surface area contributed by atoms with Crippen molar-refractivity contribution in [1.29, 1.82) is 0 Å². The Labute approximate surface area is 115 Å². The van der Waals surface area contributed by atoms with Gasteiger partial charge in [-0.2, -0.15) is 4.98 Å². The van der Waals surface area contributed by atoms with Crippen LogP contribution in [0.1, 0.15) is 76.4 Å². The Kier molecular flexibility index (Phi) is 3.37. The van der Waals surface area contributed by atoms with Crippen molar-refractivity contribution in [2.75, 3.05) is 6.54 Å². The molecule has 1 aromatic rings. The van der Waals surface area contributed by atoms with Gasteiger partial charge in [-0.3, -0.25) is 0 Å². The van der Waals surface area contributed by atoms with Gasteiger partial charge in [-0.25, -0.2) is 0 Å². The fraction of sp³-hybridized carbons (Fsp3) is 0.867. The van der Waals surface area contributed by atoms with Gasteiger partial charge in [0.25, 0.3) is 0 Å². The quantitative estimate of drug-likeness (QED) is 0.890. The van der Waals surface area contributed by atoms with E-state index in [2.05, 4.69) is 31.2 Å². The van der Waals surface area contributed by atoms with E-state index in [9.17, 15) is 0 Å². The second kappa shape index (κ2) is 4.89. The smallest absolute Gasteiger partial charge is 0.231 e. The first kappa shape index (κ1) is 13.1.